The first kappa shape index (κ1) is 22.1. The molecule has 1 aromatic carbocycles. The zero-order valence-electron chi connectivity index (χ0n) is 16.2. The van der Waals surface area contributed by atoms with Crippen LogP contribution >= 0.6 is 11.6 Å². The van der Waals surface area contributed by atoms with Gasteiger partial charge in [-0.15, -0.1) is 10.2 Å². The van der Waals surface area contributed by atoms with Gasteiger partial charge in [0.05, 0.1) is 23.6 Å². The average molecular weight is 454 g/mol. The fourth-order valence-electron chi connectivity index (χ4n) is 2.99. The lowest BCUT2D eigenvalue weighted by molar-refractivity contribution is 0.292. The fraction of sp³-hybridized carbons (Fsp3) is 0.316. The standard InChI is InChI=1S/C19H21ClFN5O3S/c1-30(27,28)8-2-7-29-18-14(19(23)5-6-24-17(22)11-19)10-16(25-26-18)13-9-12(20)3-4-15(13)21/h3-6,9-10H,2,7-8,11,23H2,1H3,(H2,22,24). The van der Waals surface area contributed by atoms with Gasteiger partial charge < -0.3 is 16.2 Å². The zero-order chi connectivity index (χ0) is 21.9. The second kappa shape index (κ2) is 8.66. The molecule has 3 rings (SSSR count). The summed E-state index contributed by atoms with van der Waals surface area (Å²) in [5, 5.41) is 8.47. The highest BCUT2D eigenvalue weighted by Gasteiger charge is 2.33. The highest BCUT2D eigenvalue weighted by Crippen LogP contribution is 2.35. The summed E-state index contributed by atoms with van der Waals surface area (Å²) >= 11 is 6.00. The summed E-state index contributed by atoms with van der Waals surface area (Å²) in [6.45, 7) is 0.0863. The largest absolute Gasteiger partial charge is 0.476 e. The molecule has 11 heteroatoms. The average Bonchev–Trinajstić information content (AvgIpc) is 2.66. The lowest BCUT2D eigenvalue weighted by Crippen LogP contribution is -2.41. The van der Waals surface area contributed by atoms with Crippen LogP contribution in [0.2, 0.25) is 5.02 Å². The number of amidine groups is 1. The van der Waals surface area contributed by atoms with Gasteiger partial charge in [-0.3, -0.25) is 0 Å². The molecule has 0 amide bonds. The molecule has 0 radical (unpaired) electrons. The maximum absolute atomic E-state index is 14.3. The Balaban J connectivity index is 1.99. The van der Waals surface area contributed by atoms with Crippen molar-refractivity contribution < 1.29 is 17.5 Å². The van der Waals surface area contributed by atoms with Crippen molar-refractivity contribution in [1.29, 1.82) is 0 Å². The Labute approximate surface area is 178 Å². The molecule has 160 valence electrons. The first-order valence-corrected chi connectivity index (χ1v) is 11.4. The van der Waals surface area contributed by atoms with Crippen LogP contribution in [-0.2, 0) is 15.4 Å². The molecule has 1 atom stereocenters. The van der Waals surface area contributed by atoms with Crippen LogP contribution in [0.5, 0.6) is 5.88 Å². The van der Waals surface area contributed by atoms with E-state index in [0.29, 0.717) is 16.4 Å². The number of hydrogen-bond donors (Lipinski definition) is 2. The zero-order valence-corrected chi connectivity index (χ0v) is 17.8. The molecule has 0 saturated heterocycles. The Morgan fingerprint density at radius 3 is 2.77 bits per heavy atom. The number of sulfone groups is 1. The van der Waals surface area contributed by atoms with Crippen LogP contribution in [0.3, 0.4) is 0 Å². The summed E-state index contributed by atoms with van der Waals surface area (Å²) in [4.78, 5) is 4.00. The maximum atomic E-state index is 14.3. The van der Waals surface area contributed by atoms with Gasteiger partial charge in [0.25, 0.3) is 0 Å². The van der Waals surface area contributed by atoms with E-state index in [4.69, 9.17) is 27.8 Å². The van der Waals surface area contributed by atoms with Crippen LogP contribution in [0.15, 0.2) is 41.5 Å². The molecule has 1 unspecified atom stereocenters. The molecule has 4 N–H and O–H groups in total. The summed E-state index contributed by atoms with van der Waals surface area (Å²) in [6.07, 6.45) is 4.72. The number of aromatic nitrogens is 2. The SMILES string of the molecule is CS(=O)(=O)CCCOc1nnc(-c2cc(Cl)ccc2F)cc1C1(N)C=CN=C(N)C1. The Bertz CT molecular complexity index is 1120. The molecule has 1 aliphatic rings. The van der Waals surface area contributed by atoms with E-state index in [1.807, 2.05) is 0 Å². The van der Waals surface area contributed by atoms with Gasteiger partial charge in [-0.05, 0) is 36.8 Å². The Morgan fingerprint density at radius 1 is 1.30 bits per heavy atom. The van der Waals surface area contributed by atoms with E-state index in [0.717, 1.165) is 6.26 Å². The van der Waals surface area contributed by atoms with Gasteiger partial charge in [-0.1, -0.05) is 11.6 Å². The summed E-state index contributed by atoms with van der Waals surface area (Å²) in [5.74, 6) is -0.130. The summed E-state index contributed by atoms with van der Waals surface area (Å²) in [5.41, 5.74) is 12.1. The lowest BCUT2D eigenvalue weighted by atomic mass is 9.86. The van der Waals surface area contributed by atoms with Gasteiger partial charge in [0.15, 0.2) is 0 Å². The quantitative estimate of drug-likeness (QED) is 0.613. The van der Waals surface area contributed by atoms with Crippen molar-refractivity contribution in [2.24, 2.45) is 16.5 Å². The van der Waals surface area contributed by atoms with Gasteiger partial charge in [-0.2, -0.15) is 0 Å². The summed E-state index contributed by atoms with van der Waals surface area (Å²) < 4.78 is 42.7. The maximum Gasteiger partial charge on any atom is 0.238 e. The molecular weight excluding hydrogens is 433 g/mol. The van der Waals surface area contributed by atoms with Gasteiger partial charge >= 0.3 is 0 Å². The summed E-state index contributed by atoms with van der Waals surface area (Å²) in [6, 6.07) is 5.67. The molecule has 1 aliphatic heterocycles. The number of aliphatic imine (C=N–C) groups is 1. The van der Waals surface area contributed by atoms with Crippen LogP contribution in [0, 0.1) is 5.82 Å². The van der Waals surface area contributed by atoms with Crippen molar-refractivity contribution >= 4 is 27.3 Å². The van der Waals surface area contributed by atoms with Crippen LogP contribution in [0.25, 0.3) is 11.3 Å². The van der Waals surface area contributed by atoms with Crippen molar-refractivity contribution in [1.82, 2.24) is 10.2 Å². The van der Waals surface area contributed by atoms with Crippen molar-refractivity contribution in [3.63, 3.8) is 0 Å². The van der Waals surface area contributed by atoms with E-state index in [9.17, 15) is 12.8 Å². The second-order valence-corrected chi connectivity index (χ2v) is 9.75. The minimum absolute atomic E-state index is 0.0329. The highest BCUT2D eigenvalue weighted by atomic mass is 35.5. The summed E-state index contributed by atoms with van der Waals surface area (Å²) in [7, 11) is -3.12. The third-order valence-electron chi connectivity index (χ3n) is 4.45. The molecule has 0 aliphatic carbocycles. The van der Waals surface area contributed by atoms with E-state index >= 15 is 0 Å². The van der Waals surface area contributed by atoms with Gasteiger partial charge in [0.2, 0.25) is 5.88 Å². The fourth-order valence-corrected chi connectivity index (χ4v) is 3.81. The van der Waals surface area contributed by atoms with E-state index in [1.54, 1.807) is 12.1 Å². The number of nitrogens with two attached hydrogens (primary N) is 2. The highest BCUT2D eigenvalue weighted by molar-refractivity contribution is 7.90. The molecule has 30 heavy (non-hydrogen) atoms. The molecule has 2 heterocycles. The molecule has 8 nitrogen and oxygen atoms in total. The van der Waals surface area contributed by atoms with Gasteiger partial charge in [-0.25, -0.2) is 17.8 Å². The first-order valence-electron chi connectivity index (χ1n) is 9.00. The molecular formula is C19H21ClFN5O3S. The van der Waals surface area contributed by atoms with Crippen LogP contribution in [-0.4, -0.2) is 43.1 Å². The number of halogens is 2. The first-order chi connectivity index (χ1) is 14.1. The third-order valence-corrected chi connectivity index (χ3v) is 5.72. The van der Waals surface area contributed by atoms with E-state index in [2.05, 4.69) is 15.2 Å². The minimum atomic E-state index is -3.12. The topological polar surface area (TPSA) is 134 Å². The predicted octanol–water partition coefficient (Wildman–Crippen LogP) is 2.18. The molecule has 1 aromatic heterocycles. The van der Waals surface area contributed by atoms with E-state index < -0.39 is 21.2 Å². The van der Waals surface area contributed by atoms with Crippen molar-refractivity contribution in [3.05, 3.63) is 52.9 Å². The molecule has 0 spiro atoms. The van der Waals surface area contributed by atoms with Crippen LogP contribution in [0.4, 0.5) is 4.39 Å². The van der Waals surface area contributed by atoms with Crippen LogP contribution < -0.4 is 16.2 Å². The number of nitrogens with zero attached hydrogens (tertiary/aromatic N) is 3. The molecule has 0 saturated carbocycles. The Kier molecular flexibility index (Phi) is 6.39. The van der Waals surface area contributed by atoms with Crippen molar-refractivity contribution in [2.75, 3.05) is 18.6 Å². The lowest BCUT2D eigenvalue weighted by Gasteiger charge is -2.29. The molecule has 0 fully saturated rings. The van der Waals surface area contributed by atoms with Crippen LogP contribution in [0.1, 0.15) is 18.4 Å². The smallest absolute Gasteiger partial charge is 0.238 e. The number of rotatable bonds is 7. The monoisotopic (exact) mass is 453 g/mol. The van der Waals surface area contributed by atoms with E-state index in [1.165, 1.54) is 24.4 Å². The Hall–Kier alpha value is -2.56. The minimum Gasteiger partial charge on any atom is -0.476 e. The second-order valence-electron chi connectivity index (χ2n) is 7.06. The third kappa shape index (κ3) is 5.32. The van der Waals surface area contributed by atoms with Crippen molar-refractivity contribution in [3.8, 4) is 17.1 Å². The molecule has 2 aromatic rings. The van der Waals surface area contributed by atoms with Gasteiger partial charge in [0, 0.05) is 35.0 Å². The normalized spacial score (nSPS) is 18.9. The Morgan fingerprint density at radius 2 is 2.07 bits per heavy atom. The number of benzene rings is 1. The van der Waals surface area contributed by atoms with Crippen molar-refractivity contribution in [2.45, 2.75) is 18.4 Å². The number of ether oxygens (including phenoxy) is 1. The molecule has 0 bridgehead atoms. The number of hydrogen-bond acceptors (Lipinski definition) is 8. The van der Waals surface area contributed by atoms with E-state index in [-0.39, 0.29) is 42.3 Å². The predicted molar refractivity (Wildman–Crippen MR) is 114 cm³/mol. The van der Waals surface area contributed by atoms with Gasteiger partial charge in [0.1, 0.15) is 21.5 Å².